The van der Waals surface area contributed by atoms with Gasteiger partial charge in [-0.3, -0.25) is 4.79 Å². The van der Waals surface area contributed by atoms with Gasteiger partial charge in [0.05, 0.1) is 17.5 Å². The normalized spacial score (nSPS) is 26.8. The highest BCUT2D eigenvalue weighted by Crippen LogP contribution is 2.55. The van der Waals surface area contributed by atoms with Crippen molar-refractivity contribution < 1.29 is 9.90 Å². The molecular weight excluding hydrogens is 376 g/mol. The maximum Gasteiger partial charge on any atom is 0.165 e. The molecule has 0 aliphatic heterocycles. The number of aliphatic hydroxyl groups excluding tert-OH is 1. The monoisotopic (exact) mass is 398 g/mol. The molecule has 0 bridgehead atoms. The molecular formula is C24H22N4O2. The quantitative estimate of drug-likeness (QED) is 0.521. The average molecular weight is 398 g/mol. The third-order valence-corrected chi connectivity index (χ3v) is 6.71. The summed E-state index contributed by atoms with van der Waals surface area (Å²) in [4.78, 5) is 30.7. The lowest BCUT2D eigenvalue weighted by molar-refractivity contribution is -0.123. The van der Waals surface area contributed by atoms with Crippen LogP contribution in [0.5, 0.6) is 0 Å². The van der Waals surface area contributed by atoms with Crippen LogP contribution in [0.3, 0.4) is 0 Å². The first-order valence-electron chi connectivity index (χ1n) is 10.2. The van der Waals surface area contributed by atoms with Gasteiger partial charge < -0.3 is 5.11 Å². The third-order valence-electron chi connectivity index (χ3n) is 6.71. The largest absolute Gasteiger partial charge is 0.515 e. The summed E-state index contributed by atoms with van der Waals surface area (Å²) in [6, 6.07) is 10.2. The molecule has 0 saturated heterocycles. The van der Waals surface area contributed by atoms with Crippen molar-refractivity contribution in [3.63, 3.8) is 0 Å². The topological polar surface area (TPSA) is 88.9 Å². The van der Waals surface area contributed by atoms with Gasteiger partial charge in [0.1, 0.15) is 6.33 Å². The lowest BCUT2D eigenvalue weighted by Crippen LogP contribution is -2.51. The molecule has 1 N–H and O–H groups in total. The number of carbonyl (C=O) groups excluding carboxylic acids is 1. The number of carbonyl (C=O) groups is 1. The fourth-order valence-corrected chi connectivity index (χ4v) is 5.31. The molecule has 0 amide bonds. The Bertz CT molecular complexity index is 1130. The zero-order chi connectivity index (χ0) is 20.7. The lowest BCUT2D eigenvalue weighted by atomic mass is 9.52. The van der Waals surface area contributed by atoms with Crippen LogP contribution in [0, 0.1) is 11.8 Å². The molecule has 1 aromatic carbocycles. The van der Waals surface area contributed by atoms with E-state index < -0.39 is 5.41 Å². The first-order valence-corrected chi connectivity index (χ1v) is 10.2. The van der Waals surface area contributed by atoms with Gasteiger partial charge in [-0.15, -0.1) is 0 Å². The van der Waals surface area contributed by atoms with Gasteiger partial charge >= 0.3 is 0 Å². The van der Waals surface area contributed by atoms with E-state index in [0.29, 0.717) is 17.8 Å². The Balaban J connectivity index is 1.78. The van der Waals surface area contributed by atoms with Gasteiger partial charge in [0.25, 0.3) is 0 Å². The minimum atomic E-state index is -0.496. The molecule has 5 rings (SSSR count). The van der Waals surface area contributed by atoms with Crippen molar-refractivity contribution in [3.8, 4) is 11.4 Å². The fourth-order valence-electron chi connectivity index (χ4n) is 5.31. The maximum atomic E-state index is 12.9. The van der Waals surface area contributed by atoms with Gasteiger partial charge in [-0.2, -0.15) is 0 Å². The Morgan fingerprint density at radius 1 is 1.13 bits per heavy atom. The van der Waals surface area contributed by atoms with E-state index in [1.54, 1.807) is 12.4 Å². The van der Waals surface area contributed by atoms with Crippen LogP contribution in [0.1, 0.15) is 36.6 Å². The Morgan fingerprint density at radius 3 is 2.63 bits per heavy atom. The van der Waals surface area contributed by atoms with Gasteiger partial charge in [-0.1, -0.05) is 37.3 Å². The van der Waals surface area contributed by atoms with Crippen LogP contribution >= 0.6 is 0 Å². The second-order valence-corrected chi connectivity index (χ2v) is 8.16. The molecule has 6 heteroatoms. The van der Waals surface area contributed by atoms with Crippen molar-refractivity contribution in [1.82, 2.24) is 19.9 Å². The SMILES string of the molecule is C[C@@H]1C(=O)C(=CO)C[C@]2(c3ccccc3)c3nc(-c4cncnc4)ncc3CC[C@@H]12. The van der Waals surface area contributed by atoms with E-state index in [1.165, 1.54) is 6.33 Å². The highest BCUT2D eigenvalue weighted by molar-refractivity contribution is 5.98. The van der Waals surface area contributed by atoms with Crippen molar-refractivity contribution in [3.05, 3.63) is 83.9 Å². The molecule has 6 nitrogen and oxygen atoms in total. The van der Waals surface area contributed by atoms with Crippen molar-refractivity contribution in [2.24, 2.45) is 11.8 Å². The summed E-state index contributed by atoms with van der Waals surface area (Å²) in [5, 5.41) is 9.88. The first-order chi connectivity index (χ1) is 14.6. The lowest BCUT2D eigenvalue weighted by Gasteiger charge is -2.50. The molecule has 1 saturated carbocycles. The van der Waals surface area contributed by atoms with E-state index >= 15 is 0 Å². The molecule has 3 atom stereocenters. The van der Waals surface area contributed by atoms with Gasteiger partial charge in [0, 0.05) is 35.5 Å². The summed E-state index contributed by atoms with van der Waals surface area (Å²) in [6.45, 7) is 1.98. The number of aromatic nitrogens is 4. The van der Waals surface area contributed by atoms with Gasteiger partial charge in [-0.25, -0.2) is 19.9 Å². The van der Waals surface area contributed by atoms with Crippen LogP contribution in [-0.4, -0.2) is 30.8 Å². The molecule has 30 heavy (non-hydrogen) atoms. The van der Waals surface area contributed by atoms with Crippen molar-refractivity contribution in [1.29, 1.82) is 0 Å². The van der Waals surface area contributed by atoms with E-state index in [9.17, 15) is 9.90 Å². The molecule has 2 aromatic heterocycles. The van der Waals surface area contributed by atoms with Gasteiger partial charge in [0.15, 0.2) is 11.6 Å². The molecule has 2 heterocycles. The minimum absolute atomic E-state index is 0.0308. The van der Waals surface area contributed by atoms with Crippen LogP contribution in [0.2, 0.25) is 0 Å². The highest BCUT2D eigenvalue weighted by atomic mass is 16.2. The first kappa shape index (κ1) is 18.6. The Labute approximate surface area is 174 Å². The summed E-state index contributed by atoms with van der Waals surface area (Å²) in [7, 11) is 0. The number of hydrogen-bond donors (Lipinski definition) is 1. The van der Waals surface area contributed by atoms with Crippen LogP contribution < -0.4 is 0 Å². The van der Waals surface area contributed by atoms with Crippen LogP contribution in [0.15, 0.2) is 67.1 Å². The van der Waals surface area contributed by atoms with Gasteiger partial charge in [0.2, 0.25) is 0 Å². The average Bonchev–Trinajstić information content (AvgIpc) is 2.82. The standard InChI is InChI=1S/C24H22N4O2/c1-15-20-8-7-16-12-27-23(18-10-25-14-26-11-18)28-22(16)24(20,9-17(13-29)21(15)30)19-5-3-2-4-6-19/h2-6,10-15,20,29H,7-9H2,1H3/t15-,20-,24+/m0/s1. The molecule has 2 aliphatic carbocycles. The number of aliphatic hydroxyl groups is 1. The van der Waals surface area contributed by atoms with Crippen LogP contribution in [-0.2, 0) is 16.6 Å². The molecule has 0 spiro atoms. The smallest absolute Gasteiger partial charge is 0.165 e. The Morgan fingerprint density at radius 2 is 1.90 bits per heavy atom. The van der Waals surface area contributed by atoms with E-state index in [4.69, 9.17) is 4.98 Å². The molecule has 1 fully saturated rings. The highest BCUT2D eigenvalue weighted by Gasteiger charge is 2.54. The second kappa shape index (κ2) is 7.13. The fraction of sp³-hybridized carbons (Fsp3) is 0.292. The zero-order valence-corrected chi connectivity index (χ0v) is 16.7. The number of nitrogens with zero attached hydrogens (tertiary/aromatic N) is 4. The molecule has 150 valence electrons. The van der Waals surface area contributed by atoms with Gasteiger partial charge in [-0.05, 0) is 36.3 Å². The minimum Gasteiger partial charge on any atom is -0.515 e. The van der Waals surface area contributed by atoms with Crippen molar-refractivity contribution >= 4 is 5.78 Å². The number of ketones is 1. The number of hydrogen-bond acceptors (Lipinski definition) is 6. The summed E-state index contributed by atoms with van der Waals surface area (Å²) in [5.41, 5.74) is 3.86. The molecule has 2 aliphatic rings. The zero-order valence-electron chi connectivity index (χ0n) is 16.7. The Hall–Kier alpha value is -3.41. The Kier molecular flexibility index (Phi) is 4.42. The van der Waals surface area contributed by atoms with Crippen molar-refractivity contribution in [2.45, 2.75) is 31.6 Å². The third kappa shape index (κ3) is 2.67. The number of fused-ring (bicyclic) bond motifs is 3. The second-order valence-electron chi connectivity index (χ2n) is 8.16. The number of allylic oxidation sites excluding steroid dienone is 1. The van der Waals surface area contributed by atoms with E-state index in [1.807, 2.05) is 31.3 Å². The van der Waals surface area contributed by atoms with E-state index in [2.05, 4.69) is 27.1 Å². The maximum absolute atomic E-state index is 12.9. The molecule has 3 aromatic rings. The van der Waals surface area contributed by atoms with Crippen molar-refractivity contribution in [2.75, 3.05) is 0 Å². The predicted molar refractivity (Wildman–Crippen MR) is 112 cm³/mol. The summed E-state index contributed by atoms with van der Waals surface area (Å²) < 4.78 is 0. The van der Waals surface area contributed by atoms with E-state index in [0.717, 1.165) is 41.5 Å². The molecule has 0 unspecified atom stereocenters. The predicted octanol–water partition coefficient (Wildman–Crippen LogP) is 3.83. The summed E-state index contributed by atoms with van der Waals surface area (Å²) >= 11 is 0. The van der Waals surface area contributed by atoms with Crippen LogP contribution in [0.25, 0.3) is 11.4 Å². The number of aryl methyl sites for hydroxylation is 1. The summed E-state index contributed by atoms with van der Waals surface area (Å²) in [5.74, 6) is 0.495. The molecule has 0 radical (unpaired) electrons. The van der Waals surface area contributed by atoms with Crippen LogP contribution in [0.4, 0.5) is 0 Å². The number of rotatable bonds is 2. The number of benzene rings is 1. The number of Topliss-reactive ketones (excluding diaryl/α,β-unsaturated/α-hetero) is 1. The van der Waals surface area contributed by atoms with E-state index in [-0.39, 0.29) is 17.6 Å². The summed E-state index contributed by atoms with van der Waals surface area (Å²) in [6.07, 6.45) is 9.91.